The smallest absolute Gasteiger partial charge is 0.261 e. The molecule has 2 N–H and O–H groups in total. The fraction of sp³-hybridized carbons (Fsp3) is 0.471. The highest BCUT2D eigenvalue weighted by molar-refractivity contribution is 6.99. The third kappa shape index (κ3) is 8.51. The second-order valence-electron chi connectivity index (χ2n) is 11.8. The van der Waals surface area contributed by atoms with E-state index in [1.54, 1.807) is 7.11 Å². The Kier molecular flexibility index (Phi) is 12.4. The predicted molar refractivity (Wildman–Crippen MR) is 166 cm³/mol. The molecule has 0 saturated heterocycles. The quantitative estimate of drug-likeness (QED) is 0.223. The first kappa shape index (κ1) is 32.0. The zero-order valence-electron chi connectivity index (χ0n) is 24.9. The molecule has 0 amide bonds. The van der Waals surface area contributed by atoms with Crippen molar-refractivity contribution in [2.24, 2.45) is 11.8 Å². The summed E-state index contributed by atoms with van der Waals surface area (Å²) in [5.41, 5.74) is 1.07. The molecule has 0 aliphatic heterocycles. The van der Waals surface area contributed by atoms with Crippen LogP contribution in [0.15, 0.2) is 84.9 Å². The molecule has 3 atom stereocenters. The minimum Gasteiger partial charge on any atom is -0.497 e. The fourth-order valence-corrected chi connectivity index (χ4v) is 10.1. The molecule has 218 valence electrons. The van der Waals surface area contributed by atoms with Crippen LogP contribution in [0.4, 0.5) is 0 Å². The molecule has 0 unspecified atom stereocenters. The van der Waals surface area contributed by atoms with Crippen LogP contribution < -0.4 is 15.1 Å². The fourth-order valence-electron chi connectivity index (χ4n) is 5.47. The highest BCUT2D eigenvalue weighted by Crippen LogP contribution is 2.37. The van der Waals surface area contributed by atoms with Gasteiger partial charge in [-0.1, -0.05) is 100 Å². The molecule has 6 heteroatoms. The van der Waals surface area contributed by atoms with Gasteiger partial charge in [0.25, 0.3) is 8.32 Å². The Morgan fingerprint density at radius 3 is 1.90 bits per heavy atom. The van der Waals surface area contributed by atoms with Gasteiger partial charge in [0.05, 0.1) is 26.4 Å². The molecular weight excluding hydrogens is 516 g/mol. The van der Waals surface area contributed by atoms with Gasteiger partial charge in [-0.25, -0.2) is 0 Å². The summed E-state index contributed by atoms with van der Waals surface area (Å²) in [7, 11) is -0.957. The molecule has 3 aromatic carbocycles. The summed E-state index contributed by atoms with van der Waals surface area (Å²) in [5, 5.41) is 23.2. The maximum absolute atomic E-state index is 11.0. The zero-order valence-corrected chi connectivity index (χ0v) is 25.9. The minimum atomic E-state index is -2.61. The van der Waals surface area contributed by atoms with E-state index in [0.29, 0.717) is 32.7 Å². The summed E-state index contributed by atoms with van der Waals surface area (Å²) in [6.45, 7) is 10.5. The van der Waals surface area contributed by atoms with Gasteiger partial charge in [0.15, 0.2) is 0 Å². The molecular formula is C34H48O5Si. The van der Waals surface area contributed by atoms with Crippen LogP contribution in [0.25, 0.3) is 0 Å². The van der Waals surface area contributed by atoms with E-state index in [0.717, 1.165) is 17.7 Å². The van der Waals surface area contributed by atoms with Gasteiger partial charge in [-0.3, -0.25) is 0 Å². The van der Waals surface area contributed by atoms with Gasteiger partial charge in [-0.15, -0.1) is 0 Å². The number of rotatable bonds is 16. The number of methoxy groups -OCH3 is 1. The number of hydrogen-bond acceptors (Lipinski definition) is 5. The number of benzene rings is 3. The molecule has 0 saturated carbocycles. The van der Waals surface area contributed by atoms with Crippen LogP contribution in [0.1, 0.15) is 52.5 Å². The molecule has 0 aromatic heterocycles. The number of hydrogen-bond donors (Lipinski definition) is 2. The van der Waals surface area contributed by atoms with E-state index in [9.17, 15) is 10.2 Å². The topological polar surface area (TPSA) is 68.2 Å². The van der Waals surface area contributed by atoms with Gasteiger partial charge in [-0.2, -0.15) is 0 Å². The Morgan fingerprint density at radius 2 is 1.40 bits per heavy atom. The molecule has 0 heterocycles. The summed E-state index contributed by atoms with van der Waals surface area (Å²) in [6, 6.07) is 29.1. The molecule has 0 spiro atoms. The molecule has 0 bridgehead atoms. The van der Waals surface area contributed by atoms with Crippen molar-refractivity contribution in [1.29, 1.82) is 0 Å². The van der Waals surface area contributed by atoms with E-state index < -0.39 is 14.4 Å². The Labute approximate surface area is 242 Å². The Bertz CT molecular complexity index is 1060. The highest BCUT2D eigenvalue weighted by Gasteiger charge is 2.50. The lowest BCUT2D eigenvalue weighted by atomic mass is 9.90. The lowest BCUT2D eigenvalue weighted by Gasteiger charge is -2.43. The number of aliphatic hydroxyl groups is 2. The number of aliphatic hydroxyl groups excluding tert-OH is 2. The van der Waals surface area contributed by atoms with E-state index in [-0.39, 0.29) is 23.5 Å². The largest absolute Gasteiger partial charge is 0.497 e. The van der Waals surface area contributed by atoms with E-state index >= 15 is 0 Å². The molecule has 3 aromatic rings. The van der Waals surface area contributed by atoms with Crippen molar-refractivity contribution in [3.05, 3.63) is 90.5 Å². The Morgan fingerprint density at radius 1 is 0.825 bits per heavy atom. The summed E-state index contributed by atoms with van der Waals surface area (Å²) in [4.78, 5) is 0. The third-order valence-corrected chi connectivity index (χ3v) is 12.9. The van der Waals surface area contributed by atoms with E-state index in [4.69, 9.17) is 13.9 Å². The highest BCUT2D eigenvalue weighted by atomic mass is 28.4. The second-order valence-corrected chi connectivity index (χ2v) is 16.1. The molecule has 0 fully saturated rings. The molecule has 0 aliphatic rings. The number of ether oxygens (including phenoxy) is 2. The van der Waals surface area contributed by atoms with Crippen LogP contribution in [0, 0.1) is 11.8 Å². The van der Waals surface area contributed by atoms with Crippen LogP contribution in [0.3, 0.4) is 0 Å². The molecule has 40 heavy (non-hydrogen) atoms. The van der Waals surface area contributed by atoms with E-state index in [1.807, 2.05) is 31.2 Å². The van der Waals surface area contributed by atoms with Gasteiger partial charge in [0, 0.05) is 19.1 Å². The minimum absolute atomic E-state index is 0.0166. The summed E-state index contributed by atoms with van der Waals surface area (Å²) in [6.07, 6.45) is 1.51. The maximum atomic E-state index is 11.0. The summed E-state index contributed by atoms with van der Waals surface area (Å²) >= 11 is 0. The zero-order chi connectivity index (χ0) is 29.0. The first-order valence-electron chi connectivity index (χ1n) is 14.5. The Hall–Kier alpha value is -2.48. The van der Waals surface area contributed by atoms with Crippen molar-refractivity contribution >= 4 is 18.7 Å². The van der Waals surface area contributed by atoms with Crippen LogP contribution in [0.2, 0.25) is 5.04 Å². The van der Waals surface area contributed by atoms with Crippen LogP contribution in [-0.4, -0.2) is 51.6 Å². The van der Waals surface area contributed by atoms with Crippen LogP contribution in [0.5, 0.6) is 5.75 Å². The van der Waals surface area contributed by atoms with Gasteiger partial charge in [-0.05, 0) is 58.3 Å². The molecule has 3 rings (SSSR count). The normalized spacial score (nSPS) is 14.5. The summed E-state index contributed by atoms with van der Waals surface area (Å²) in [5.74, 6) is 0.959. The van der Waals surface area contributed by atoms with Crippen LogP contribution >= 0.6 is 0 Å². The summed E-state index contributed by atoms with van der Waals surface area (Å²) < 4.78 is 18.2. The standard InChI is InChI=1S/C34H48O5Si/c1-27(25-38-26-29-16-18-30(37-5)19-17-29)33(36)24-28(20-22-35)21-23-39-40(34(2,3)4,31-12-8-6-9-13-31)32-14-10-7-11-15-32/h6-19,27-28,33,35-36H,20-26H2,1-5H3/t27-,28-,33-/m1/s1. The van der Waals surface area contributed by atoms with Crippen molar-refractivity contribution in [3.8, 4) is 5.75 Å². The lowest BCUT2D eigenvalue weighted by Crippen LogP contribution is -2.66. The van der Waals surface area contributed by atoms with Gasteiger partial charge < -0.3 is 24.1 Å². The first-order chi connectivity index (χ1) is 19.2. The van der Waals surface area contributed by atoms with Gasteiger partial charge in [0.2, 0.25) is 0 Å². The predicted octanol–water partition coefficient (Wildman–Crippen LogP) is 5.56. The van der Waals surface area contributed by atoms with Crippen LogP contribution in [-0.2, 0) is 15.8 Å². The van der Waals surface area contributed by atoms with E-state index in [1.165, 1.54) is 10.4 Å². The van der Waals surface area contributed by atoms with Crippen molar-refractivity contribution in [3.63, 3.8) is 0 Å². The van der Waals surface area contributed by atoms with Crippen molar-refractivity contribution < 1.29 is 24.1 Å². The maximum Gasteiger partial charge on any atom is 0.261 e. The first-order valence-corrected chi connectivity index (χ1v) is 16.4. The monoisotopic (exact) mass is 564 g/mol. The average Bonchev–Trinajstić information content (AvgIpc) is 2.96. The molecule has 0 radical (unpaired) electrons. The second kappa shape index (κ2) is 15.5. The lowest BCUT2D eigenvalue weighted by molar-refractivity contribution is 0.0144. The molecule has 5 nitrogen and oxygen atoms in total. The molecule has 0 aliphatic carbocycles. The third-order valence-electron chi connectivity index (χ3n) is 7.84. The SMILES string of the molecule is COc1ccc(COC[C@@H](C)[C@H](O)C[C@H](CCO)CCO[Si](c2ccccc2)(c2ccccc2)C(C)(C)C)cc1. The van der Waals surface area contributed by atoms with Crippen molar-refractivity contribution in [2.45, 2.75) is 64.7 Å². The van der Waals surface area contributed by atoms with Crippen molar-refractivity contribution in [2.75, 3.05) is 26.9 Å². The van der Waals surface area contributed by atoms with Crippen molar-refractivity contribution in [1.82, 2.24) is 0 Å². The van der Waals surface area contributed by atoms with E-state index in [2.05, 4.69) is 81.4 Å². The van der Waals surface area contributed by atoms with Gasteiger partial charge >= 0.3 is 0 Å². The Balaban J connectivity index is 1.63. The van der Waals surface area contributed by atoms with Gasteiger partial charge in [0.1, 0.15) is 5.75 Å². The average molecular weight is 565 g/mol.